The molecule has 2 aromatic rings. The monoisotopic (exact) mass is 281 g/mol. The lowest BCUT2D eigenvalue weighted by molar-refractivity contribution is 0.862. The highest BCUT2D eigenvalue weighted by Crippen LogP contribution is 2.25. The average molecular weight is 283 g/mol. The number of nitrogens with zero attached hydrogens (tertiary/aromatic N) is 3. The number of nitriles is 1. The van der Waals surface area contributed by atoms with E-state index >= 15 is 0 Å². The molecule has 3 nitrogen and oxygen atoms in total. The van der Waals surface area contributed by atoms with E-state index in [4.69, 9.17) is 16.9 Å². The molecular weight excluding hydrogens is 277 g/mol. The summed E-state index contributed by atoms with van der Waals surface area (Å²) in [4.78, 5) is 0. The second kappa shape index (κ2) is 4.05. The van der Waals surface area contributed by atoms with E-state index in [-0.39, 0.29) is 0 Å². The fourth-order valence-corrected chi connectivity index (χ4v) is 2.08. The van der Waals surface area contributed by atoms with Crippen LogP contribution in [-0.2, 0) is 0 Å². The molecule has 2 rings (SSSR count). The predicted octanol–water partition coefficient (Wildman–Crippen LogP) is 3.16. The molecule has 0 aliphatic carbocycles. The molecule has 0 bridgehead atoms. The number of rotatable bonds is 1. The number of benzene rings is 1. The minimum atomic E-state index is 0.484. The summed E-state index contributed by atoms with van der Waals surface area (Å²) >= 11 is 9.20. The molecule has 15 heavy (non-hydrogen) atoms. The molecule has 0 unspecified atom stereocenters. The topological polar surface area (TPSA) is 41.6 Å². The minimum absolute atomic E-state index is 0.484. The van der Waals surface area contributed by atoms with Crippen LogP contribution in [0.15, 0.2) is 34.9 Å². The number of hydrogen-bond acceptors (Lipinski definition) is 2. The van der Waals surface area contributed by atoms with Gasteiger partial charge in [0.1, 0.15) is 11.8 Å². The maximum atomic E-state index is 8.86. The van der Waals surface area contributed by atoms with Gasteiger partial charge < -0.3 is 0 Å². The lowest BCUT2D eigenvalue weighted by Gasteiger charge is -2.05. The van der Waals surface area contributed by atoms with Crippen LogP contribution in [0.2, 0.25) is 5.02 Å². The first kappa shape index (κ1) is 10.2. The van der Waals surface area contributed by atoms with Crippen LogP contribution >= 0.6 is 27.5 Å². The summed E-state index contributed by atoms with van der Waals surface area (Å²) < 4.78 is 2.36. The van der Waals surface area contributed by atoms with Gasteiger partial charge in [0, 0.05) is 9.50 Å². The third-order valence-corrected chi connectivity index (χ3v) is 2.77. The van der Waals surface area contributed by atoms with E-state index in [1.807, 2.05) is 0 Å². The molecule has 5 heteroatoms. The van der Waals surface area contributed by atoms with Gasteiger partial charge in [-0.15, -0.1) is 0 Å². The maximum Gasteiger partial charge on any atom is 0.144 e. The standard InChI is InChI=1S/C10H5BrClN3/c11-9-5-7(12)1-2-10(9)15-8(6-13)3-4-14-15/h1-5H. The summed E-state index contributed by atoms with van der Waals surface area (Å²) in [6.07, 6.45) is 1.58. The molecule has 0 aliphatic rings. The van der Waals surface area contributed by atoms with Crippen LogP contribution in [0.4, 0.5) is 0 Å². The van der Waals surface area contributed by atoms with E-state index in [2.05, 4.69) is 27.1 Å². The van der Waals surface area contributed by atoms with Crippen LogP contribution in [0, 0.1) is 11.3 Å². The van der Waals surface area contributed by atoms with Gasteiger partial charge in [-0.2, -0.15) is 10.4 Å². The van der Waals surface area contributed by atoms with Crippen molar-refractivity contribution in [1.82, 2.24) is 9.78 Å². The first-order chi connectivity index (χ1) is 7.22. The van der Waals surface area contributed by atoms with E-state index in [1.165, 1.54) is 0 Å². The van der Waals surface area contributed by atoms with Crippen molar-refractivity contribution in [1.29, 1.82) is 5.26 Å². The third kappa shape index (κ3) is 1.89. The molecule has 74 valence electrons. The summed E-state index contributed by atoms with van der Waals surface area (Å²) in [6, 6.07) is 9.04. The van der Waals surface area contributed by atoms with Crippen LogP contribution in [0.25, 0.3) is 5.69 Å². The van der Waals surface area contributed by atoms with Crippen LogP contribution in [-0.4, -0.2) is 9.78 Å². The van der Waals surface area contributed by atoms with E-state index in [0.29, 0.717) is 10.7 Å². The smallest absolute Gasteiger partial charge is 0.144 e. The van der Waals surface area contributed by atoms with Crippen LogP contribution in [0.3, 0.4) is 0 Å². The average Bonchev–Trinajstić information content (AvgIpc) is 2.65. The zero-order valence-corrected chi connectivity index (χ0v) is 9.83. The summed E-state index contributed by atoms with van der Waals surface area (Å²) in [5.74, 6) is 0. The lowest BCUT2D eigenvalue weighted by atomic mass is 10.3. The molecule has 0 fully saturated rings. The lowest BCUT2D eigenvalue weighted by Crippen LogP contribution is -1.99. The normalized spacial score (nSPS) is 9.93. The Kier molecular flexibility index (Phi) is 2.76. The zero-order chi connectivity index (χ0) is 10.8. The zero-order valence-electron chi connectivity index (χ0n) is 7.48. The predicted molar refractivity (Wildman–Crippen MR) is 61.0 cm³/mol. The molecule has 0 aliphatic heterocycles. The molecule has 1 heterocycles. The van der Waals surface area contributed by atoms with Gasteiger partial charge in [0.15, 0.2) is 0 Å². The van der Waals surface area contributed by atoms with Crippen molar-refractivity contribution in [3.63, 3.8) is 0 Å². The minimum Gasteiger partial charge on any atom is -0.222 e. The molecule has 0 spiro atoms. The molecule has 0 saturated heterocycles. The molecule has 1 aromatic carbocycles. The van der Waals surface area contributed by atoms with Crippen LogP contribution in [0.5, 0.6) is 0 Å². The Labute approximate surface area is 100 Å². The highest BCUT2D eigenvalue weighted by molar-refractivity contribution is 9.10. The number of halogens is 2. The van der Waals surface area contributed by atoms with Gasteiger partial charge in [-0.25, -0.2) is 4.68 Å². The van der Waals surface area contributed by atoms with E-state index in [1.54, 1.807) is 35.1 Å². The van der Waals surface area contributed by atoms with Crippen LogP contribution in [0.1, 0.15) is 5.69 Å². The molecule has 0 N–H and O–H groups in total. The first-order valence-corrected chi connectivity index (χ1v) is 5.29. The van der Waals surface area contributed by atoms with Crippen molar-refractivity contribution in [2.24, 2.45) is 0 Å². The Morgan fingerprint density at radius 3 is 2.87 bits per heavy atom. The van der Waals surface area contributed by atoms with Crippen molar-refractivity contribution in [2.75, 3.05) is 0 Å². The largest absolute Gasteiger partial charge is 0.222 e. The summed E-state index contributed by atoms with van der Waals surface area (Å²) in [6.45, 7) is 0. The van der Waals surface area contributed by atoms with Crippen molar-refractivity contribution in [3.8, 4) is 11.8 Å². The molecular formula is C10H5BrClN3. The van der Waals surface area contributed by atoms with Crippen LogP contribution < -0.4 is 0 Å². The first-order valence-electron chi connectivity index (χ1n) is 4.12. The second-order valence-electron chi connectivity index (χ2n) is 2.84. The van der Waals surface area contributed by atoms with Crippen molar-refractivity contribution in [3.05, 3.63) is 45.7 Å². The molecule has 0 atom stereocenters. The highest BCUT2D eigenvalue weighted by atomic mass is 79.9. The number of aromatic nitrogens is 2. The second-order valence-corrected chi connectivity index (χ2v) is 4.13. The van der Waals surface area contributed by atoms with Gasteiger partial charge in [0.25, 0.3) is 0 Å². The molecule has 0 saturated carbocycles. The van der Waals surface area contributed by atoms with Gasteiger partial charge in [0.05, 0.1) is 11.9 Å². The Hall–Kier alpha value is -1.31. The van der Waals surface area contributed by atoms with Gasteiger partial charge in [0.2, 0.25) is 0 Å². The fraction of sp³-hybridized carbons (Fsp3) is 0. The van der Waals surface area contributed by atoms with E-state index < -0.39 is 0 Å². The van der Waals surface area contributed by atoms with Crippen molar-refractivity contribution < 1.29 is 0 Å². The van der Waals surface area contributed by atoms with Crippen molar-refractivity contribution in [2.45, 2.75) is 0 Å². The SMILES string of the molecule is N#Cc1ccnn1-c1ccc(Cl)cc1Br. The summed E-state index contributed by atoms with van der Waals surface area (Å²) in [5, 5.41) is 13.6. The quantitative estimate of drug-likeness (QED) is 0.806. The summed E-state index contributed by atoms with van der Waals surface area (Å²) in [5.41, 5.74) is 1.28. The Bertz CT molecular complexity index is 542. The third-order valence-electron chi connectivity index (χ3n) is 1.90. The molecule has 0 amide bonds. The highest BCUT2D eigenvalue weighted by Gasteiger charge is 2.07. The maximum absolute atomic E-state index is 8.86. The summed E-state index contributed by atoms with van der Waals surface area (Å²) in [7, 11) is 0. The Balaban J connectivity index is 2.60. The van der Waals surface area contributed by atoms with Crippen molar-refractivity contribution >= 4 is 27.5 Å². The van der Waals surface area contributed by atoms with E-state index in [9.17, 15) is 0 Å². The van der Waals surface area contributed by atoms with E-state index in [0.717, 1.165) is 10.2 Å². The van der Waals surface area contributed by atoms with Gasteiger partial charge >= 0.3 is 0 Å². The Morgan fingerprint density at radius 1 is 1.40 bits per heavy atom. The fourth-order valence-electron chi connectivity index (χ4n) is 1.23. The van der Waals surface area contributed by atoms with Gasteiger partial charge in [-0.1, -0.05) is 11.6 Å². The van der Waals surface area contributed by atoms with Gasteiger partial charge in [-0.3, -0.25) is 0 Å². The van der Waals surface area contributed by atoms with Gasteiger partial charge in [-0.05, 0) is 40.2 Å². The molecule has 0 radical (unpaired) electrons. The molecule has 1 aromatic heterocycles. The Morgan fingerprint density at radius 2 is 2.20 bits per heavy atom. The number of hydrogen-bond donors (Lipinski definition) is 0.